The molecule has 0 unspecified atom stereocenters. The molecule has 0 saturated carbocycles. The number of hydrogen-bond donors (Lipinski definition) is 0. The first-order chi connectivity index (χ1) is 9.25. The second kappa shape index (κ2) is 5.21. The summed E-state index contributed by atoms with van der Waals surface area (Å²) in [6, 6.07) is 23.5. The van der Waals surface area contributed by atoms with Crippen molar-refractivity contribution in [2.24, 2.45) is 0 Å². The molecule has 1 nitrogen and oxygen atoms in total. The third-order valence-corrected chi connectivity index (χ3v) is 3.88. The molecule has 19 heavy (non-hydrogen) atoms. The maximum absolute atomic E-state index is 2.36. The first-order valence-corrected chi connectivity index (χ1v) is 7.33. The third-order valence-electron chi connectivity index (χ3n) is 3.21. The van der Waals surface area contributed by atoms with E-state index < -0.39 is 0 Å². The van der Waals surface area contributed by atoms with Gasteiger partial charge in [-0.2, -0.15) is 0 Å². The summed E-state index contributed by atoms with van der Waals surface area (Å²) in [5.41, 5.74) is 4.95. The van der Waals surface area contributed by atoms with E-state index in [4.69, 9.17) is 0 Å². The zero-order valence-corrected chi connectivity index (χ0v) is 12.8. The Morgan fingerprint density at radius 2 is 1.63 bits per heavy atom. The van der Waals surface area contributed by atoms with Crippen LogP contribution in [0.2, 0.25) is 0 Å². The van der Waals surface area contributed by atoms with E-state index in [0.717, 1.165) is 0 Å². The van der Waals surface area contributed by atoms with Crippen LogP contribution in [0.15, 0.2) is 66.7 Å². The van der Waals surface area contributed by atoms with E-state index in [1.54, 1.807) is 0 Å². The maximum atomic E-state index is 2.36. The van der Waals surface area contributed by atoms with Crippen molar-refractivity contribution < 1.29 is 0 Å². The van der Waals surface area contributed by atoms with Gasteiger partial charge in [0.15, 0.2) is 0 Å². The van der Waals surface area contributed by atoms with Gasteiger partial charge in [0, 0.05) is 15.0 Å². The van der Waals surface area contributed by atoms with Crippen LogP contribution in [0.4, 0.5) is 0 Å². The maximum Gasteiger partial charge on any atom is 0.0531 e. The lowest BCUT2D eigenvalue weighted by atomic mass is 10.1. The molecule has 94 valence electrons. The highest BCUT2D eigenvalue weighted by molar-refractivity contribution is 14.1. The van der Waals surface area contributed by atoms with Crippen LogP contribution in [0, 0.1) is 10.5 Å². The zero-order chi connectivity index (χ0) is 13.2. The van der Waals surface area contributed by atoms with Gasteiger partial charge in [-0.3, -0.25) is 0 Å². The van der Waals surface area contributed by atoms with E-state index in [1.165, 1.54) is 26.2 Å². The van der Waals surface area contributed by atoms with Gasteiger partial charge in [0.25, 0.3) is 0 Å². The molecular weight excluding hydrogens is 345 g/mol. The summed E-state index contributed by atoms with van der Waals surface area (Å²) >= 11 is 2.36. The van der Waals surface area contributed by atoms with E-state index in [-0.39, 0.29) is 0 Å². The summed E-state index contributed by atoms with van der Waals surface area (Å²) in [5, 5.41) is 0. The van der Waals surface area contributed by atoms with Crippen LogP contribution in [0.3, 0.4) is 0 Å². The fraction of sp³-hybridized carbons (Fsp3) is 0.0588. The van der Waals surface area contributed by atoms with Crippen LogP contribution >= 0.6 is 22.6 Å². The van der Waals surface area contributed by atoms with Crippen molar-refractivity contribution in [3.05, 3.63) is 76.0 Å². The minimum atomic E-state index is 1.22. The molecule has 0 N–H and O–H groups in total. The van der Waals surface area contributed by atoms with E-state index in [1.807, 2.05) is 0 Å². The Labute approximate surface area is 127 Å². The summed E-state index contributed by atoms with van der Waals surface area (Å²) < 4.78 is 3.56. The molecular formula is C17H14IN. The van der Waals surface area contributed by atoms with Crippen LogP contribution < -0.4 is 0 Å². The number of rotatable bonds is 2. The van der Waals surface area contributed by atoms with Gasteiger partial charge in [-0.05, 0) is 65.4 Å². The van der Waals surface area contributed by atoms with Crippen LogP contribution in [-0.4, -0.2) is 4.57 Å². The van der Waals surface area contributed by atoms with Gasteiger partial charge in [0.1, 0.15) is 0 Å². The minimum absolute atomic E-state index is 1.22. The first-order valence-electron chi connectivity index (χ1n) is 6.25. The van der Waals surface area contributed by atoms with E-state index >= 15 is 0 Å². The fourth-order valence-electron chi connectivity index (χ4n) is 2.33. The Balaban J connectivity index is 2.20. The highest BCUT2D eigenvalue weighted by Crippen LogP contribution is 2.26. The van der Waals surface area contributed by atoms with E-state index in [0.29, 0.717) is 0 Å². The largest absolute Gasteiger partial charge is 0.314 e. The van der Waals surface area contributed by atoms with Crippen molar-refractivity contribution in [2.75, 3.05) is 0 Å². The van der Waals surface area contributed by atoms with Crippen LogP contribution in [0.5, 0.6) is 0 Å². The number of nitrogens with zero attached hydrogens (tertiary/aromatic N) is 1. The molecule has 1 aromatic heterocycles. The molecule has 0 aliphatic rings. The Bertz CT molecular complexity index is 698. The highest BCUT2D eigenvalue weighted by atomic mass is 127. The molecule has 0 aliphatic heterocycles. The lowest BCUT2D eigenvalue weighted by Crippen LogP contribution is -1.99. The van der Waals surface area contributed by atoms with Gasteiger partial charge in [0.2, 0.25) is 0 Å². The van der Waals surface area contributed by atoms with Crippen molar-refractivity contribution in [1.82, 2.24) is 4.57 Å². The van der Waals surface area contributed by atoms with E-state index in [9.17, 15) is 0 Å². The summed E-state index contributed by atoms with van der Waals surface area (Å²) in [6.07, 6.45) is 0. The van der Waals surface area contributed by atoms with Gasteiger partial charge in [-0.1, -0.05) is 36.4 Å². The van der Waals surface area contributed by atoms with Crippen molar-refractivity contribution >= 4 is 22.6 Å². The third kappa shape index (κ3) is 2.45. The zero-order valence-electron chi connectivity index (χ0n) is 10.7. The first kappa shape index (κ1) is 12.5. The lowest BCUT2D eigenvalue weighted by molar-refractivity contribution is 1.02. The summed E-state index contributed by atoms with van der Waals surface area (Å²) in [6.45, 7) is 2.15. The normalized spacial score (nSPS) is 10.6. The van der Waals surface area contributed by atoms with Crippen molar-refractivity contribution in [3.63, 3.8) is 0 Å². The van der Waals surface area contributed by atoms with Crippen LogP contribution in [0.1, 0.15) is 5.69 Å². The molecule has 3 rings (SSSR count). The quantitative estimate of drug-likeness (QED) is 0.564. The van der Waals surface area contributed by atoms with Crippen molar-refractivity contribution in [1.29, 1.82) is 0 Å². The topological polar surface area (TPSA) is 4.93 Å². The van der Waals surface area contributed by atoms with Crippen LogP contribution in [-0.2, 0) is 0 Å². The monoisotopic (exact) mass is 359 g/mol. The fourth-order valence-corrected chi connectivity index (χ4v) is 2.86. The molecule has 0 aliphatic carbocycles. The Morgan fingerprint density at radius 3 is 2.37 bits per heavy atom. The molecule has 0 fully saturated rings. The van der Waals surface area contributed by atoms with Gasteiger partial charge in [0.05, 0.1) is 5.69 Å². The summed E-state index contributed by atoms with van der Waals surface area (Å²) in [7, 11) is 0. The molecule has 0 amide bonds. The Morgan fingerprint density at radius 1 is 0.842 bits per heavy atom. The summed E-state index contributed by atoms with van der Waals surface area (Å²) in [5.74, 6) is 0. The number of aromatic nitrogens is 1. The van der Waals surface area contributed by atoms with Crippen molar-refractivity contribution in [2.45, 2.75) is 6.92 Å². The molecule has 0 spiro atoms. The SMILES string of the molecule is Cc1ccc(-c2ccccc2)n1-c1cccc(I)c1. The summed E-state index contributed by atoms with van der Waals surface area (Å²) in [4.78, 5) is 0. The smallest absolute Gasteiger partial charge is 0.0531 e. The Hall–Kier alpha value is -1.55. The molecule has 1 heterocycles. The molecule has 3 aromatic rings. The van der Waals surface area contributed by atoms with Gasteiger partial charge in [-0.15, -0.1) is 0 Å². The predicted octanol–water partition coefficient (Wildman–Crippen LogP) is 5.06. The molecule has 2 heteroatoms. The van der Waals surface area contributed by atoms with E-state index in [2.05, 4.69) is 101 Å². The number of benzene rings is 2. The molecule has 0 bridgehead atoms. The highest BCUT2D eigenvalue weighted by Gasteiger charge is 2.09. The average Bonchev–Trinajstić information content (AvgIpc) is 2.82. The molecule has 0 saturated heterocycles. The Kier molecular flexibility index (Phi) is 3.42. The molecule has 0 atom stereocenters. The standard InChI is InChI=1S/C17H14IN/c1-13-10-11-17(14-6-3-2-4-7-14)19(13)16-9-5-8-15(18)12-16/h2-12H,1H3. The van der Waals surface area contributed by atoms with Crippen LogP contribution in [0.25, 0.3) is 16.9 Å². The van der Waals surface area contributed by atoms with Gasteiger partial charge in [-0.25, -0.2) is 0 Å². The van der Waals surface area contributed by atoms with Crippen molar-refractivity contribution in [3.8, 4) is 16.9 Å². The number of aryl methyl sites for hydroxylation is 1. The average molecular weight is 359 g/mol. The lowest BCUT2D eigenvalue weighted by Gasteiger charge is -2.12. The number of halogens is 1. The second-order valence-corrected chi connectivity index (χ2v) is 5.79. The second-order valence-electron chi connectivity index (χ2n) is 4.54. The number of hydrogen-bond acceptors (Lipinski definition) is 0. The minimum Gasteiger partial charge on any atom is -0.314 e. The van der Waals surface area contributed by atoms with Gasteiger partial charge < -0.3 is 4.57 Å². The molecule has 2 aromatic carbocycles. The predicted molar refractivity (Wildman–Crippen MR) is 88.7 cm³/mol. The van der Waals surface area contributed by atoms with Gasteiger partial charge >= 0.3 is 0 Å². The molecule has 0 radical (unpaired) electrons.